The van der Waals surface area contributed by atoms with Crippen molar-refractivity contribution in [1.29, 1.82) is 0 Å². The van der Waals surface area contributed by atoms with E-state index < -0.39 is 67.4 Å². The van der Waals surface area contributed by atoms with E-state index in [0.717, 1.165) is 89.9 Å². The number of esters is 1. The van der Waals surface area contributed by atoms with Crippen molar-refractivity contribution in [1.82, 2.24) is 5.32 Å². The van der Waals surface area contributed by atoms with Crippen molar-refractivity contribution >= 4 is 11.9 Å². The fourth-order valence-electron chi connectivity index (χ4n) is 10.4. The minimum Gasteiger partial charge on any atom is -0.454 e. The van der Waals surface area contributed by atoms with Crippen LogP contribution in [0.3, 0.4) is 0 Å². The zero-order valence-electron chi connectivity index (χ0n) is 51.2. The predicted molar refractivity (Wildman–Crippen MR) is 329 cm³/mol. The lowest BCUT2D eigenvalue weighted by atomic mass is 9.99. The molecular formula is C68H125NO10. The quantitative estimate of drug-likeness (QED) is 0.0195. The van der Waals surface area contributed by atoms with Crippen LogP contribution in [-0.2, 0) is 23.8 Å². The Morgan fingerprint density at radius 1 is 0.494 bits per heavy atom. The Morgan fingerprint density at radius 3 is 1.33 bits per heavy atom. The second-order valence-corrected chi connectivity index (χ2v) is 23.2. The molecule has 1 aliphatic rings. The Kier molecular flexibility index (Phi) is 53.0. The van der Waals surface area contributed by atoms with Crippen LogP contribution in [0.25, 0.3) is 0 Å². The third-order valence-electron chi connectivity index (χ3n) is 15.7. The van der Waals surface area contributed by atoms with Gasteiger partial charge in [-0.15, -0.1) is 0 Å². The predicted octanol–water partition coefficient (Wildman–Crippen LogP) is 16.4. The van der Waals surface area contributed by atoms with Crippen molar-refractivity contribution in [3.63, 3.8) is 0 Å². The molecule has 0 spiro atoms. The summed E-state index contributed by atoms with van der Waals surface area (Å²) in [4.78, 5) is 26.6. The highest BCUT2D eigenvalue weighted by Crippen LogP contribution is 2.26. The van der Waals surface area contributed by atoms with Crippen LogP contribution in [0, 0.1) is 0 Å². The lowest BCUT2D eigenvalue weighted by Crippen LogP contribution is -2.61. The molecular weight excluding hydrogens is 991 g/mol. The van der Waals surface area contributed by atoms with Crippen LogP contribution in [0.5, 0.6) is 0 Å². The molecule has 0 aromatic heterocycles. The molecule has 11 heteroatoms. The van der Waals surface area contributed by atoms with Crippen molar-refractivity contribution in [2.45, 2.75) is 359 Å². The lowest BCUT2D eigenvalue weighted by molar-refractivity contribution is -0.305. The maximum atomic E-state index is 13.5. The van der Waals surface area contributed by atoms with Gasteiger partial charge in [-0.25, -0.2) is 0 Å². The van der Waals surface area contributed by atoms with Gasteiger partial charge in [-0.05, 0) is 64.2 Å². The van der Waals surface area contributed by atoms with E-state index >= 15 is 0 Å². The summed E-state index contributed by atoms with van der Waals surface area (Å²) in [5.41, 5.74) is 0. The Morgan fingerprint density at radius 2 is 0.873 bits per heavy atom. The number of amides is 1. The molecule has 1 rings (SSSR count). The van der Waals surface area contributed by atoms with Crippen LogP contribution in [0.4, 0.5) is 0 Å². The zero-order chi connectivity index (χ0) is 57.5. The van der Waals surface area contributed by atoms with Gasteiger partial charge in [0, 0.05) is 6.42 Å². The largest absolute Gasteiger partial charge is 0.454 e. The number of aliphatic hydroxyl groups excluding tert-OH is 5. The van der Waals surface area contributed by atoms with Gasteiger partial charge >= 0.3 is 5.97 Å². The molecule has 0 saturated carbocycles. The second-order valence-electron chi connectivity index (χ2n) is 23.2. The Labute approximate surface area is 485 Å². The van der Waals surface area contributed by atoms with E-state index in [9.17, 15) is 35.1 Å². The van der Waals surface area contributed by atoms with Gasteiger partial charge in [0.05, 0.1) is 25.4 Å². The van der Waals surface area contributed by atoms with Crippen LogP contribution in [0.1, 0.15) is 310 Å². The third-order valence-corrected chi connectivity index (χ3v) is 15.7. The smallest absolute Gasteiger partial charge is 0.306 e. The average Bonchev–Trinajstić information content (AvgIpc) is 3.49. The van der Waals surface area contributed by atoms with Gasteiger partial charge in [0.1, 0.15) is 24.4 Å². The first-order valence-electron chi connectivity index (χ1n) is 33.4. The van der Waals surface area contributed by atoms with E-state index in [1.165, 1.54) is 173 Å². The number of carbonyl (C=O) groups excluding carboxylic acids is 2. The van der Waals surface area contributed by atoms with Crippen LogP contribution in [0.15, 0.2) is 48.6 Å². The number of nitrogens with one attached hydrogen (secondary N) is 1. The molecule has 8 atom stereocenters. The van der Waals surface area contributed by atoms with Gasteiger partial charge in [-0.3, -0.25) is 9.59 Å². The number of hydrogen-bond donors (Lipinski definition) is 6. The zero-order valence-corrected chi connectivity index (χ0v) is 51.2. The molecule has 1 aliphatic heterocycles. The molecule has 0 aromatic rings. The van der Waals surface area contributed by atoms with Crippen molar-refractivity contribution in [3.8, 4) is 0 Å². The Hall–Kier alpha value is -2.38. The van der Waals surface area contributed by atoms with Crippen molar-refractivity contribution < 1.29 is 49.3 Å². The number of unbranched alkanes of at least 4 members (excludes halogenated alkanes) is 37. The summed E-state index contributed by atoms with van der Waals surface area (Å²) in [5, 5.41) is 57.1. The second kappa shape index (κ2) is 56.1. The minimum atomic E-state index is -1.62. The number of allylic oxidation sites excluding steroid dienone is 7. The first kappa shape index (κ1) is 74.6. The van der Waals surface area contributed by atoms with Crippen LogP contribution in [0.2, 0.25) is 0 Å². The number of hydrogen-bond acceptors (Lipinski definition) is 10. The standard InChI is InChI=1S/C68H125NO10/c1-4-7-10-13-16-19-22-25-27-29-31-33-35-38-41-44-47-50-53-56-63(73)79-66-65(75)64(74)62(57-70)78-68(66)77-58-59(60(71)54-51-48-45-42-39-36-24-21-18-15-12-9-6-3)69-67(76)61(72)55-52-49-46-43-40-37-34-32-30-28-26-23-20-17-14-11-8-5-2/h16,19,25,27,31,33,51,54,59-62,64-66,68,70-72,74-75H,4-15,17-18,20-24,26,28-30,32,34-50,52-53,55-58H2,1-3H3,(H,69,76)/b19-16-,27-25-,33-31-,54-51+. The summed E-state index contributed by atoms with van der Waals surface area (Å²) >= 11 is 0. The Balaban J connectivity index is 2.65. The highest BCUT2D eigenvalue weighted by Gasteiger charge is 2.47. The monoisotopic (exact) mass is 1120 g/mol. The summed E-state index contributed by atoms with van der Waals surface area (Å²) in [6.45, 7) is 5.79. The molecule has 0 aliphatic carbocycles. The normalized spacial score (nSPS) is 19.1. The van der Waals surface area contributed by atoms with Crippen molar-refractivity contribution in [2.75, 3.05) is 13.2 Å². The minimum absolute atomic E-state index is 0.110. The lowest BCUT2D eigenvalue weighted by Gasteiger charge is -2.41. The summed E-state index contributed by atoms with van der Waals surface area (Å²) < 4.78 is 17.7. The van der Waals surface area contributed by atoms with Crippen LogP contribution < -0.4 is 5.32 Å². The van der Waals surface area contributed by atoms with E-state index in [0.29, 0.717) is 19.3 Å². The molecule has 1 saturated heterocycles. The SMILES string of the molecule is CCCCC/C=C\C/C=C\C/C=C\CCCCCCCCC(=O)OC1C(OCC(NC(=O)C(O)CCCCCCCCCCCCCCCCCCCC)C(O)/C=C/CCCCCCCCCCCCC)OC(CO)C(O)C1O. The third kappa shape index (κ3) is 43.9. The summed E-state index contributed by atoms with van der Waals surface area (Å²) in [6, 6.07) is -1.02. The molecule has 6 N–H and O–H groups in total. The van der Waals surface area contributed by atoms with E-state index in [-0.39, 0.29) is 13.0 Å². The number of carbonyl (C=O) groups is 2. The van der Waals surface area contributed by atoms with Crippen LogP contribution >= 0.6 is 0 Å². The van der Waals surface area contributed by atoms with E-state index in [1.807, 2.05) is 6.08 Å². The van der Waals surface area contributed by atoms with Gasteiger partial charge in [0.2, 0.25) is 5.91 Å². The van der Waals surface area contributed by atoms with E-state index in [1.54, 1.807) is 6.08 Å². The van der Waals surface area contributed by atoms with Crippen molar-refractivity contribution in [2.24, 2.45) is 0 Å². The molecule has 1 fully saturated rings. The van der Waals surface area contributed by atoms with E-state index in [2.05, 4.69) is 62.5 Å². The van der Waals surface area contributed by atoms with Gasteiger partial charge in [-0.1, -0.05) is 288 Å². The highest BCUT2D eigenvalue weighted by molar-refractivity contribution is 5.80. The average molecular weight is 1120 g/mol. The molecule has 0 radical (unpaired) electrons. The van der Waals surface area contributed by atoms with E-state index in [4.69, 9.17) is 14.2 Å². The maximum absolute atomic E-state index is 13.5. The number of ether oxygens (including phenoxy) is 3. The maximum Gasteiger partial charge on any atom is 0.306 e. The highest BCUT2D eigenvalue weighted by atomic mass is 16.7. The fourth-order valence-corrected chi connectivity index (χ4v) is 10.4. The molecule has 79 heavy (non-hydrogen) atoms. The number of aliphatic hydroxyl groups is 5. The number of rotatable bonds is 57. The van der Waals surface area contributed by atoms with Gasteiger partial charge < -0.3 is 45.1 Å². The molecule has 1 heterocycles. The molecule has 462 valence electrons. The molecule has 11 nitrogen and oxygen atoms in total. The fraction of sp³-hybridized carbons (Fsp3) is 0.853. The molecule has 1 amide bonds. The van der Waals surface area contributed by atoms with Crippen LogP contribution in [-0.4, -0.2) is 99.6 Å². The molecule has 0 bridgehead atoms. The molecule has 8 unspecified atom stereocenters. The van der Waals surface area contributed by atoms with Crippen molar-refractivity contribution in [3.05, 3.63) is 48.6 Å². The van der Waals surface area contributed by atoms with Gasteiger partial charge in [0.15, 0.2) is 12.4 Å². The summed E-state index contributed by atoms with van der Waals surface area (Å²) in [6.07, 6.45) is 58.5. The van der Waals surface area contributed by atoms with Gasteiger partial charge in [0.25, 0.3) is 0 Å². The topological polar surface area (TPSA) is 175 Å². The molecule has 0 aromatic carbocycles. The summed E-state index contributed by atoms with van der Waals surface area (Å²) in [5.74, 6) is -1.20. The first-order chi connectivity index (χ1) is 38.7. The summed E-state index contributed by atoms with van der Waals surface area (Å²) in [7, 11) is 0. The van der Waals surface area contributed by atoms with Gasteiger partial charge in [-0.2, -0.15) is 0 Å². The first-order valence-corrected chi connectivity index (χ1v) is 33.4. The Bertz CT molecular complexity index is 1470.